The van der Waals surface area contributed by atoms with Crippen molar-refractivity contribution in [2.75, 3.05) is 0 Å². The molecule has 0 amide bonds. The maximum atomic E-state index is 6.37. The molecule has 0 spiro atoms. The lowest BCUT2D eigenvalue weighted by Crippen LogP contribution is -2.07. The lowest BCUT2D eigenvalue weighted by molar-refractivity contribution is 0.669. The number of rotatable bonds is 4. The number of hydrogen-bond donors (Lipinski definition) is 0. The summed E-state index contributed by atoms with van der Waals surface area (Å²) in [5, 5.41) is 11.7. The summed E-state index contributed by atoms with van der Waals surface area (Å²) < 4.78 is 8.58. The molecule has 0 fully saturated rings. The molecule has 0 unspecified atom stereocenters. The average Bonchev–Trinajstić information content (AvgIpc) is 3.82. The topological polar surface area (TPSA) is 56.7 Å². The Morgan fingerprint density at radius 1 is 0.339 bits per heavy atom. The van der Waals surface area contributed by atoms with Gasteiger partial charge in [0.2, 0.25) is 5.95 Å². The van der Waals surface area contributed by atoms with E-state index in [-0.39, 0.29) is 0 Å². The highest BCUT2D eigenvalue weighted by atomic mass is 16.3. The van der Waals surface area contributed by atoms with Crippen molar-refractivity contribution in [1.29, 1.82) is 0 Å². The summed E-state index contributed by atoms with van der Waals surface area (Å²) in [6.45, 7) is 0. The third-order valence-corrected chi connectivity index (χ3v) is 11.2. The predicted octanol–water partition coefficient (Wildman–Crippen LogP) is 13.3. The molecule has 12 aromatic rings. The number of aromatic nitrogens is 4. The first kappa shape index (κ1) is 30.8. The molecule has 5 heteroatoms. The highest BCUT2D eigenvalue weighted by Crippen LogP contribution is 2.41. The van der Waals surface area contributed by atoms with Gasteiger partial charge in [-0.1, -0.05) is 152 Å². The van der Waals surface area contributed by atoms with Crippen molar-refractivity contribution in [3.63, 3.8) is 0 Å². The number of para-hydroxylation sites is 3. The molecule has 0 bridgehead atoms. The van der Waals surface area contributed by atoms with Crippen molar-refractivity contribution in [2.45, 2.75) is 0 Å². The minimum atomic E-state index is 0.556. The van der Waals surface area contributed by atoms with Crippen molar-refractivity contribution in [3.8, 4) is 39.9 Å². The van der Waals surface area contributed by atoms with E-state index in [1.807, 2.05) is 30.3 Å². The van der Waals surface area contributed by atoms with E-state index in [0.717, 1.165) is 66.0 Å². The first-order valence-electron chi connectivity index (χ1n) is 18.9. The van der Waals surface area contributed by atoms with Gasteiger partial charge in [-0.15, -0.1) is 0 Å². The molecule has 56 heavy (non-hydrogen) atoms. The van der Waals surface area contributed by atoms with Gasteiger partial charge in [-0.05, 0) is 68.2 Å². The van der Waals surface area contributed by atoms with E-state index >= 15 is 0 Å². The fourth-order valence-electron chi connectivity index (χ4n) is 8.71. The lowest BCUT2D eigenvalue weighted by Gasteiger charge is -2.14. The molecular weight excluding hydrogens is 685 g/mol. The van der Waals surface area contributed by atoms with E-state index in [1.54, 1.807) is 0 Å². The summed E-state index contributed by atoms with van der Waals surface area (Å²) in [4.78, 5) is 15.8. The molecule has 260 valence electrons. The van der Waals surface area contributed by atoms with E-state index in [2.05, 4.69) is 156 Å². The minimum absolute atomic E-state index is 0.556. The minimum Gasteiger partial charge on any atom is -0.456 e. The second kappa shape index (κ2) is 11.9. The van der Waals surface area contributed by atoms with Crippen LogP contribution < -0.4 is 0 Å². The largest absolute Gasteiger partial charge is 0.456 e. The zero-order valence-electron chi connectivity index (χ0n) is 30.0. The van der Waals surface area contributed by atoms with Crippen LogP contribution in [0.2, 0.25) is 0 Å². The van der Waals surface area contributed by atoms with Gasteiger partial charge in [-0.3, -0.25) is 4.57 Å². The Bertz CT molecular complexity index is 3510. The van der Waals surface area contributed by atoms with Crippen LogP contribution in [0.5, 0.6) is 0 Å². The molecule has 0 aliphatic heterocycles. The van der Waals surface area contributed by atoms with Crippen molar-refractivity contribution in [3.05, 3.63) is 182 Å². The Labute approximate surface area is 320 Å². The van der Waals surface area contributed by atoms with Crippen molar-refractivity contribution in [1.82, 2.24) is 19.5 Å². The quantitative estimate of drug-likeness (QED) is 0.170. The van der Waals surface area contributed by atoms with Gasteiger partial charge < -0.3 is 4.42 Å². The fourth-order valence-corrected chi connectivity index (χ4v) is 8.71. The fraction of sp³-hybridized carbons (Fsp3) is 0. The van der Waals surface area contributed by atoms with Crippen LogP contribution in [-0.4, -0.2) is 19.5 Å². The first-order valence-corrected chi connectivity index (χ1v) is 18.9. The molecule has 0 aliphatic rings. The van der Waals surface area contributed by atoms with E-state index in [1.165, 1.54) is 32.3 Å². The van der Waals surface area contributed by atoms with Gasteiger partial charge in [-0.2, -0.15) is 9.97 Å². The van der Waals surface area contributed by atoms with Crippen molar-refractivity contribution < 1.29 is 4.42 Å². The van der Waals surface area contributed by atoms with Crippen LogP contribution in [-0.2, 0) is 0 Å². The summed E-state index contributed by atoms with van der Waals surface area (Å²) in [6, 6.07) is 63.9. The first-order chi connectivity index (χ1) is 27.8. The van der Waals surface area contributed by atoms with Crippen LogP contribution in [0.25, 0.3) is 116 Å². The van der Waals surface area contributed by atoms with Gasteiger partial charge in [-0.25, -0.2) is 4.98 Å². The maximum absolute atomic E-state index is 6.37. The molecule has 0 aliphatic carbocycles. The standard InChI is InChI=1S/C51H30N4O/c1-2-13-31(14-3-1)49-52-50(33-26-27-39-37-17-5-4-15-35(37)36-16-6-7-18-38(36)44(39)29-33)54-51(53-49)55-45-23-10-8-19-40(45)43-22-12-21-34(48(43)55)32-25-28-42-41-20-9-11-24-46(41)56-47(42)30-32/h1-30H. The molecule has 0 N–H and O–H groups in total. The lowest BCUT2D eigenvalue weighted by atomic mass is 9.93. The zero-order valence-corrected chi connectivity index (χ0v) is 30.0. The summed E-state index contributed by atoms with van der Waals surface area (Å²) >= 11 is 0. The van der Waals surface area contributed by atoms with Gasteiger partial charge in [0.25, 0.3) is 0 Å². The SMILES string of the molecule is c1ccc(-c2nc(-c3ccc4c5ccccc5c5ccccc5c4c3)nc(-n3c4ccccc4c4cccc(-c5ccc6c(c5)oc5ccccc56)c43)n2)cc1. The summed E-state index contributed by atoms with van der Waals surface area (Å²) in [6.07, 6.45) is 0. The number of nitrogens with zero attached hydrogens (tertiary/aromatic N) is 4. The predicted molar refractivity (Wildman–Crippen MR) is 230 cm³/mol. The second-order valence-corrected chi connectivity index (χ2v) is 14.4. The second-order valence-electron chi connectivity index (χ2n) is 14.4. The normalized spacial score (nSPS) is 11.9. The summed E-state index contributed by atoms with van der Waals surface area (Å²) in [5.74, 6) is 1.78. The zero-order chi connectivity index (χ0) is 36.7. The van der Waals surface area contributed by atoms with Gasteiger partial charge in [0.1, 0.15) is 11.2 Å². The molecular formula is C51H30N4O. The highest BCUT2D eigenvalue weighted by molar-refractivity contribution is 6.25. The van der Waals surface area contributed by atoms with E-state index in [4.69, 9.17) is 19.4 Å². The molecule has 9 aromatic carbocycles. The third-order valence-electron chi connectivity index (χ3n) is 11.2. The van der Waals surface area contributed by atoms with Gasteiger partial charge in [0, 0.05) is 38.2 Å². The van der Waals surface area contributed by atoms with Crippen molar-refractivity contribution in [2.24, 2.45) is 0 Å². The molecule has 0 saturated carbocycles. The molecule has 0 radical (unpaired) electrons. The number of benzene rings is 9. The average molecular weight is 715 g/mol. The van der Waals surface area contributed by atoms with Crippen LogP contribution in [0.15, 0.2) is 186 Å². The number of furan rings is 1. The number of fused-ring (bicyclic) bond motifs is 12. The van der Waals surface area contributed by atoms with Crippen LogP contribution in [0.3, 0.4) is 0 Å². The molecule has 3 aromatic heterocycles. The third kappa shape index (κ3) is 4.58. The Kier molecular flexibility index (Phi) is 6.56. The molecule has 12 rings (SSSR count). The van der Waals surface area contributed by atoms with E-state index < -0.39 is 0 Å². The van der Waals surface area contributed by atoms with Gasteiger partial charge in [0.15, 0.2) is 11.6 Å². The number of hydrogen-bond acceptors (Lipinski definition) is 4. The Balaban J connectivity index is 1.14. The van der Waals surface area contributed by atoms with Crippen LogP contribution in [0.1, 0.15) is 0 Å². The van der Waals surface area contributed by atoms with E-state index in [0.29, 0.717) is 17.6 Å². The van der Waals surface area contributed by atoms with Crippen LogP contribution >= 0.6 is 0 Å². The molecule has 3 heterocycles. The van der Waals surface area contributed by atoms with Gasteiger partial charge in [0.05, 0.1) is 11.0 Å². The Morgan fingerprint density at radius 3 is 1.66 bits per heavy atom. The maximum Gasteiger partial charge on any atom is 0.238 e. The van der Waals surface area contributed by atoms with Crippen LogP contribution in [0.4, 0.5) is 0 Å². The monoisotopic (exact) mass is 714 g/mol. The smallest absolute Gasteiger partial charge is 0.238 e. The molecule has 5 nitrogen and oxygen atoms in total. The van der Waals surface area contributed by atoms with Crippen LogP contribution in [0, 0.1) is 0 Å². The summed E-state index contributed by atoms with van der Waals surface area (Å²) in [5.41, 5.74) is 7.75. The Hall–Kier alpha value is -7.63. The van der Waals surface area contributed by atoms with Crippen molar-refractivity contribution >= 4 is 76.1 Å². The van der Waals surface area contributed by atoms with Gasteiger partial charge >= 0.3 is 0 Å². The molecule has 0 atom stereocenters. The van der Waals surface area contributed by atoms with E-state index in [9.17, 15) is 0 Å². The highest BCUT2D eigenvalue weighted by Gasteiger charge is 2.21. The summed E-state index contributed by atoms with van der Waals surface area (Å²) in [7, 11) is 0. The Morgan fingerprint density at radius 2 is 0.893 bits per heavy atom. The molecule has 0 saturated heterocycles.